The van der Waals surface area contributed by atoms with E-state index in [-0.39, 0.29) is 0 Å². The Hall–Kier alpha value is -2.42. The van der Waals surface area contributed by atoms with Gasteiger partial charge in [0.15, 0.2) is 0 Å². The van der Waals surface area contributed by atoms with E-state index in [1.165, 1.54) is 22.3 Å². The second-order valence-corrected chi connectivity index (χ2v) is 5.95. The zero-order valence-corrected chi connectivity index (χ0v) is 13.8. The molecular formula is C19H21N2O+. The first-order valence-corrected chi connectivity index (χ1v) is 7.51. The summed E-state index contributed by atoms with van der Waals surface area (Å²) in [6, 6.07) is 12.7. The Balaban J connectivity index is 2.23. The number of benzene rings is 2. The van der Waals surface area contributed by atoms with Crippen molar-refractivity contribution in [2.45, 2.75) is 34.6 Å². The lowest BCUT2D eigenvalue weighted by molar-refractivity contribution is -0.648. The SMILES string of the molecule is Cc1ccc(-[n+]2nc(C)oc2-c2c(C)cc(C)cc2C)cc1. The van der Waals surface area contributed by atoms with Gasteiger partial charge in [-0.2, -0.15) is 0 Å². The molecule has 0 N–H and O–H groups in total. The molecule has 0 spiro atoms. The summed E-state index contributed by atoms with van der Waals surface area (Å²) in [5.74, 6) is 1.45. The monoisotopic (exact) mass is 293 g/mol. The van der Waals surface area contributed by atoms with Crippen molar-refractivity contribution in [3.8, 4) is 17.1 Å². The van der Waals surface area contributed by atoms with E-state index in [0.717, 1.165) is 17.1 Å². The number of nitrogens with zero attached hydrogens (tertiary/aromatic N) is 2. The standard InChI is InChI=1S/C19H21N2O/c1-12-6-8-17(9-7-12)21-19(22-16(5)20-21)18-14(3)10-13(2)11-15(18)4/h6-11H,1-5H3/q+1. The minimum atomic E-state index is 0.662. The maximum Gasteiger partial charge on any atom is 0.414 e. The molecule has 0 fully saturated rings. The lowest BCUT2D eigenvalue weighted by Gasteiger charge is -2.05. The molecule has 0 aliphatic heterocycles. The van der Waals surface area contributed by atoms with Crippen LogP contribution >= 0.6 is 0 Å². The number of rotatable bonds is 2. The first-order chi connectivity index (χ1) is 10.5. The number of aromatic nitrogens is 2. The predicted molar refractivity (Wildman–Crippen MR) is 87.2 cm³/mol. The summed E-state index contributed by atoms with van der Waals surface area (Å²) in [6.07, 6.45) is 0. The van der Waals surface area contributed by atoms with E-state index >= 15 is 0 Å². The van der Waals surface area contributed by atoms with Crippen LogP contribution in [0.15, 0.2) is 40.8 Å². The van der Waals surface area contributed by atoms with Crippen LogP contribution in [0.1, 0.15) is 28.1 Å². The summed E-state index contributed by atoms with van der Waals surface area (Å²) in [5, 5.41) is 4.54. The minimum Gasteiger partial charge on any atom is -0.382 e. The van der Waals surface area contributed by atoms with Gasteiger partial charge in [0.2, 0.25) is 5.69 Å². The molecule has 1 heterocycles. The highest BCUT2D eigenvalue weighted by molar-refractivity contribution is 5.62. The van der Waals surface area contributed by atoms with Crippen molar-refractivity contribution < 1.29 is 9.10 Å². The van der Waals surface area contributed by atoms with Crippen molar-refractivity contribution in [3.05, 3.63) is 64.5 Å². The zero-order chi connectivity index (χ0) is 15.9. The number of aryl methyl sites for hydroxylation is 5. The highest BCUT2D eigenvalue weighted by Gasteiger charge is 2.27. The van der Waals surface area contributed by atoms with Crippen LogP contribution in [0, 0.1) is 34.6 Å². The van der Waals surface area contributed by atoms with Crippen molar-refractivity contribution in [2.75, 3.05) is 0 Å². The second kappa shape index (κ2) is 5.41. The lowest BCUT2D eigenvalue weighted by atomic mass is 9.99. The van der Waals surface area contributed by atoms with Crippen LogP contribution < -0.4 is 4.68 Å². The molecule has 3 rings (SSSR count). The summed E-state index contributed by atoms with van der Waals surface area (Å²) in [6.45, 7) is 10.3. The van der Waals surface area contributed by atoms with Gasteiger partial charge in [0.1, 0.15) is 0 Å². The van der Waals surface area contributed by atoms with E-state index in [4.69, 9.17) is 4.42 Å². The Morgan fingerprint density at radius 2 is 1.41 bits per heavy atom. The normalized spacial score (nSPS) is 11.0. The van der Waals surface area contributed by atoms with Crippen molar-refractivity contribution >= 4 is 0 Å². The third kappa shape index (κ3) is 2.54. The fourth-order valence-electron chi connectivity index (χ4n) is 2.93. The van der Waals surface area contributed by atoms with Gasteiger partial charge < -0.3 is 4.42 Å². The molecule has 3 aromatic rings. The number of hydrogen-bond donors (Lipinski definition) is 0. The average molecular weight is 293 g/mol. The van der Waals surface area contributed by atoms with Crippen molar-refractivity contribution in [1.82, 2.24) is 5.10 Å². The molecule has 0 saturated carbocycles. The molecule has 0 aliphatic carbocycles. The van der Waals surface area contributed by atoms with Crippen LogP contribution in [-0.4, -0.2) is 5.10 Å². The van der Waals surface area contributed by atoms with E-state index in [9.17, 15) is 0 Å². The molecule has 2 aromatic carbocycles. The molecule has 3 heteroatoms. The molecule has 3 nitrogen and oxygen atoms in total. The molecule has 0 atom stereocenters. The molecule has 22 heavy (non-hydrogen) atoms. The minimum absolute atomic E-state index is 0.662. The highest BCUT2D eigenvalue weighted by Crippen LogP contribution is 2.27. The van der Waals surface area contributed by atoms with Gasteiger partial charge in [0.05, 0.1) is 5.56 Å². The Bertz CT molecular complexity index is 806. The van der Waals surface area contributed by atoms with Gasteiger partial charge in [0.25, 0.3) is 5.89 Å². The van der Waals surface area contributed by atoms with Crippen LogP contribution in [0.2, 0.25) is 0 Å². The molecule has 0 unspecified atom stereocenters. The molecule has 0 amide bonds. The van der Waals surface area contributed by atoms with Crippen LogP contribution in [0.5, 0.6) is 0 Å². The van der Waals surface area contributed by atoms with Gasteiger partial charge in [0, 0.05) is 24.2 Å². The third-order valence-electron chi connectivity index (χ3n) is 3.85. The van der Waals surface area contributed by atoms with Crippen LogP contribution in [0.3, 0.4) is 0 Å². The van der Waals surface area contributed by atoms with E-state index < -0.39 is 0 Å². The Labute approximate surface area is 131 Å². The van der Waals surface area contributed by atoms with Gasteiger partial charge in [-0.05, 0) is 43.5 Å². The first-order valence-electron chi connectivity index (χ1n) is 7.51. The molecule has 0 radical (unpaired) electrons. The summed E-state index contributed by atoms with van der Waals surface area (Å²) in [7, 11) is 0. The summed E-state index contributed by atoms with van der Waals surface area (Å²) in [4.78, 5) is 0. The van der Waals surface area contributed by atoms with Crippen molar-refractivity contribution in [2.24, 2.45) is 0 Å². The maximum absolute atomic E-state index is 5.94. The van der Waals surface area contributed by atoms with Gasteiger partial charge in [-0.15, -0.1) is 0 Å². The molecule has 0 saturated heterocycles. The topological polar surface area (TPSA) is 29.9 Å². The highest BCUT2D eigenvalue weighted by atomic mass is 16.4. The van der Waals surface area contributed by atoms with Gasteiger partial charge in [-0.25, -0.2) is 0 Å². The maximum atomic E-state index is 5.94. The largest absolute Gasteiger partial charge is 0.414 e. The van der Waals surface area contributed by atoms with E-state index in [1.807, 2.05) is 11.6 Å². The first kappa shape index (κ1) is 14.5. The van der Waals surface area contributed by atoms with Gasteiger partial charge >= 0.3 is 5.89 Å². The van der Waals surface area contributed by atoms with Gasteiger partial charge in [-0.1, -0.05) is 35.4 Å². The Morgan fingerprint density at radius 3 is 2.00 bits per heavy atom. The summed E-state index contributed by atoms with van der Waals surface area (Å²) < 4.78 is 7.83. The van der Waals surface area contributed by atoms with E-state index in [1.54, 1.807) is 0 Å². The van der Waals surface area contributed by atoms with Gasteiger partial charge in [-0.3, -0.25) is 0 Å². The average Bonchev–Trinajstić information content (AvgIpc) is 2.80. The van der Waals surface area contributed by atoms with Crippen molar-refractivity contribution in [1.29, 1.82) is 0 Å². The Kier molecular flexibility index (Phi) is 3.57. The third-order valence-corrected chi connectivity index (χ3v) is 3.85. The quantitative estimate of drug-likeness (QED) is 0.664. The predicted octanol–water partition coefficient (Wildman–Crippen LogP) is 4.16. The second-order valence-electron chi connectivity index (χ2n) is 5.95. The molecular weight excluding hydrogens is 272 g/mol. The molecule has 0 aliphatic rings. The van der Waals surface area contributed by atoms with E-state index in [0.29, 0.717) is 5.89 Å². The fraction of sp³-hybridized carbons (Fsp3) is 0.263. The fourth-order valence-corrected chi connectivity index (χ4v) is 2.93. The summed E-state index contributed by atoms with van der Waals surface area (Å²) >= 11 is 0. The van der Waals surface area contributed by atoms with Crippen LogP contribution in [0.4, 0.5) is 0 Å². The van der Waals surface area contributed by atoms with E-state index in [2.05, 4.69) is 69.2 Å². The molecule has 112 valence electrons. The zero-order valence-electron chi connectivity index (χ0n) is 13.8. The smallest absolute Gasteiger partial charge is 0.382 e. The van der Waals surface area contributed by atoms with Crippen LogP contribution in [0.25, 0.3) is 17.1 Å². The molecule has 1 aromatic heterocycles. The van der Waals surface area contributed by atoms with Crippen molar-refractivity contribution in [3.63, 3.8) is 0 Å². The lowest BCUT2D eigenvalue weighted by Crippen LogP contribution is -2.35. The summed E-state index contributed by atoms with van der Waals surface area (Å²) in [5.41, 5.74) is 7.03. The van der Waals surface area contributed by atoms with Crippen LogP contribution in [-0.2, 0) is 0 Å². The number of hydrogen-bond acceptors (Lipinski definition) is 2. The molecule has 0 bridgehead atoms. The Morgan fingerprint density at radius 1 is 0.818 bits per heavy atom.